The Morgan fingerprint density at radius 3 is 2.47 bits per heavy atom. The Morgan fingerprint density at radius 1 is 1.08 bits per heavy atom. The summed E-state index contributed by atoms with van der Waals surface area (Å²) in [5.74, 6) is 0.139. The highest BCUT2D eigenvalue weighted by Gasteiger charge is 2.37. The van der Waals surface area contributed by atoms with Gasteiger partial charge in [-0.3, -0.25) is 14.2 Å². The standard InChI is InChI=1S/C23H25F3N8O2/c1-27-19-9-18-16(11-28-19)21(13-10-29-32(2)12-13)30-34(18)14-4-6-15(7-5-14)36-22-17(23(24,25)26)8-20(35)33(3)31-22/h8-12,14-15H,4-7H2,1-3H3,(H,27,28)/t14-,15+. The molecule has 13 heteroatoms. The van der Waals surface area contributed by atoms with E-state index in [2.05, 4.69) is 20.5 Å². The monoisotopic (exact) mass is 502 g/mol. The topological polar surface area (TPSA) is 105 Å². The molecule has 1 N–H and O–H groups in total. The Hall–Kier alpha value is -3.90. The molecule has 10 nitrogen and oxygen atoms in total. The second-order valence-electron chi connectivity index (χ2n) is 8.90. The van der Waals surface area contributed by atoms with E-state index >= 15 is 0 Å². The fourth-order valence-corrected chi connectivity index (χ4v) is 4.58. The molecule has 0 atom stereocenters. The number of pyridine rings is 1. The maximum atomic E-state index is 13.5. The molecule has 5 rings (SSSR count). The molecule has 0 spiro atoms. The predicted octanol–water partition coefficient (Wildman–Crippen LogP) is 3.55. The van der Waals surface area contributed by atoms with Crippen LogP contribution in [0, 0.1) is 0 Å². The third-order valence-electron chi connectivity index (χ3n) is 6.46. The van der Waals surface area contributed by atoms with E-state index in [9.17, 15) is 18.0 Å². The van der Waals surface area contributed by atoms with Gasteiger partial charge in [0, 0.05) is 56.6 Å². The molecule has 0 saturated heterocycles. The van der Waals surface area contributed by atoms with Gasteiger partial charge in [-0.25, -0.2) is 9.67 Å². The summed E-state index contributed by atoms with van der Waals surface area (Å²) >= 11 is 0. The average molecular weight is 503 g/mol. The van der Waals surface area contributed by atoms with Crippen molar-refractivity contribution in [2.45, 2.75) is 44.0 Å². The fraction of sp³-hybridized carbons (Fsp3) is 0.435. The zero-order valence-electron chi connectivity index (χ0n) is 20.0. The van der Waals surface area contributed by atoms with Gasteiger partial charge in [-0.2, -0.15) is 23.4 Å². The van der Waals surface area contributed by atoms with Gasteiger partial charge in [0.2, 0.25) is 5.88 Å². The highest BCUT2D eigenvalue weighted by atomic mass is 19.4. The summed E-state index contributed by atoms with van der Waals surface area (Å²) in [7, 11) is 4.93. The van der Waals surface area contributed by atoms with Gasteiger partial charge >= 0.3 is 6.18 Å². The van der Waals surface area contributed by atoms with E-state index in [0.29, 0.717) is 37.6 Å². The zero-order valence-corrected chi connectivity index (χ0v) is 20.0. The Kier molecular flexibility index (Phi) is 5.92. The Balaban J connectivity index is 1.40. The maximum Gasteiger partial charge on any atom is 0.421 e. The molecule has 190 valence electrons. The van der Waals surface area contributed by atoms with Crippen LogP contribution in [-0.2, 0) is 20.3 Å². The first-order chi connectivity index (χ1) is 17.1. The SMILES string of the molecule is CNc1cc2c(cn1)c(-c1cnn(C)c1)nn2[C@H]1CC[C@@H](Oc2nn(C)c(=O)cc2C(F)(F)F)CC1. The molecule has 0 aliphatic heterocycles. The number of nitrogens with zero attached hydrogens (tertiary/aromatic N) is 7. The Labute approximate surface area is 203 Å². The highest BCUT2D eigenvalue weighted by molar-refractivity contribution is 5.93. The van der Waals surface area contributed by atoms with E-state index in [-0.39, 0.29) is 6.04 Å². The van der Waals surface area contributed by atoms with E-state index in [0.717, 1.165) is 26.8 Å². The molecule has 0 aromatic carbocycles. The zero-order chi connectivity index (χ0) is 25.6. The van der Waals surface area contributed by atoms with Crippen LogP contribution >= 0.6 is 0 Å². The summed E-state index contributed by atoms with van der Waals surface area (Å²) in [5, 5.41) is 16.8. The number of rotatable bonds is 5. The summed E-state index contributed by atoms with van der Waals surface area (Å²) in [5.41, 5.74) is 0.563. The second-order valence-corrected chi connectivity index (χ2v) is 8.90. The van der Waals surface area contributed by atoms with Crippen molar-refractivity contribution >= 4 is 16.7 Å². The van der Waals surface area contributed by atoms with Crippen molar-refractivity contribution in [2.24, 2.45) is 14.1 Å². The first kappa shape index (κ1) is 23.8. The smallest absolute Gasteiger partial charge is 0.421 e. The number of hydrogen-bond acceptors (Lipinski definition) is 7. The molecular weight excluding hydrogens is 477 g/mol. The van der Waals surface area contributed by atoms with Crippen LogP contribution in [-0.4, -0.2) is 47.5 Å². The average Bonchev–Trinajstić information content (AvgIpc) is 3.44. The van der Waals surface area contributed by atoms with Crippen molar-refractivity contribution in [1.82, 2.24) is 34.3 Å². The lowest BCUT2D eigenvalue weighted by Crippen LogP contribution is -2.30. The van der Waals surface area contributed by atoms with Crippen LogP contribution in [0.1, 0.15) is 37.3 Å². The van der Waals surface area contributed by atoms with Crippen LogP contribution in [0.25, 0.3) is 22.2 Å². The lowest BCUT2D eigenvalue weighted by Gasteiger charge is -2.29. The van der Waals surface area contributed by atoms with Gasteiger partial charge in [0.05, 0.1) is 17.8 Å². The number of fused-ring (bicyclic) bond motifs is 1. The van der Waals surface area contributed by atoms with Crippen molar-refractivity contribution in [1.29, 1.82) is 0 Å². The highest BCUT2D eigenvalue weighted by Crippen LogP contribution is 2.38. The van der Waals surface area contributed by atoms with Crippen LogP contribution in [0.15, 0.2) is 35.5 Å². The van der Waals surface area contributed by atoms with Gasteiger partial charge < -0.3 is 10.1 Å². The normalized spacial score (nSPS) is 18.5. The van der Waals surface area contributed by atoms with Crippen molar-refractivity contribution in [3.05, 3.63) is 46.6 Å². The molecule has 1 fully saturated rings. The van der Waals surface area contributed by atoms with Crippen molar-refractivity contribution in [3.8, 4) is 17.1 Å². The summed E-state index contributed by atoms with van der Waals surface area (Å²) in [4.78, 5) is 16.2. The largest absolute Gasteiger partial charge is 0.473 e. The number of anilines is 1. The minimum Gasteiger partial charge on any atom is -0.473 e. The van der Waals surface area contributed by atoms with Crippen LogP contribution in [0.2, 0.25) is 0 Å². The number of alkyl halides is 3. The van der Waals surface area contributed by atoms with E-state index < -0.39 is 29.3 Å². The van der Waals surface area contributed by atoms with Crippen LogP contribution in [0.5, 0.6) is 5.88 Å². The quantitative estimate of drug-likeness (QED) is 0.445. The van der Waals surface area contributed by atoms with Crippen LogP contribution < -0.4 is 15.6 Å². The molecule has 0 radical (unpaired) electrons. The summed E-state index contributed by atoms with van der Waals surface area (Å²) in [6, 6.07) is 2.49. The van der Waals surface area contributed by atoms with Gasteiger partial charge in [-0.1, -0.05) is 0 Å². The summed E-state index contributed by atoms with van der Waals surface area (Å²) in [6.07, 6.45) is 2.56. The summed E-state index contributed by atoms with van der Waals surface area (Å²) < 4.78 is 50.6. The number of ether oxygens (including phenoxy) is 1. The van der Waals surface area contributed by atoms with Crippen molar-refractivity contribution in [3.63, 3.8) is 0 Å². The molecule has 0 unspecified atom stereocenters. The number of aryl methyl sites for hydroxylation is 2. The molecule has 4 aromatic rings. The van der Waals surface area contributed by atoms with Gasteiger partial charge in [0.25, 0.3) is 5.56 Å². The molecule has 1 aliphatic carbocycles. The van der Waals surface area contributed by atoms with E-state index in [4.69, 9.17) is 9.84 Å². The molecule has 0 amide bonds. The molecule has 1 saturated carbocycles. The van der Waals surface area contributed by atoms with Gasteiger partial charge in [0.15, 0.2) is 0 Å². The van der Waals surface area contributed by atoms with E-state index in [1.165, 1.54) is 7.05 Å². The van der Waals surface area contributed by atoms with Gasteiger partial charge in [0.1, 0.15) is 23.2 Å². The lowest BCUT2D eigenvalue weighted by atomic mass is 9.93. The number of hydrogen-bond donors (Lipinski definition) is 1. The third kappa shape index (κ3) is 4.40. The van der Waals surface area contributed by atoms with E-state index in [1.54, 1.807) is 24.1 Å². The lowest BCUT2D eigenvalue weighted by molar-refractivity contribution is -0.140. The maximum absolute atomic E-state index is 13.5. The first-order valence-electron chi connectivity index (χ1n) is 11.5. The van der Waals surface area contributed by atoms with E-state index in [1.807, 2.05) is 24.0 Å². The Bertz CT molecular complexity index is 1460. The summed E-state index contributed by atoms with van der Waals surface area (Å²) in [6.45, 7) is 0. The van der Waals surface area contributed by atoms with Crippen LogP contribution in [0.4, 0.5) is 19.0 Å². The minimum absolute atomic E-state index is 0.0278. The third-order valence-corrected chi connectivity index (χ3v) is 6.46. The fourth-order valence-electron chi connectivity index (χ4n) is 4.58. The molecule has 1 aliphatic rings. The van der Waals surface area contributed by atoms with Crippen LogP contribution in [0.3, 0.4) is 0 Å². The number of nitrogens with one attached hydrogen (secondary N) is 1. The molecule has 4 heterocycles. The minimum atomic E-state index is -4.73. The number of aromatic nitrogens is 7. The van der Waals surface area contributed by atoms with Crippen molar-refractivity contribution in [2.75, 3.05) is 12.4 Å². The molecule has 0 bridgehead atoms. The molecular formula is C23H25F3N8O2. The Morgan fingerprint density at radius 2 is 1.83 bits per heavy atom. The van der Waals surface area contributed by atoms with Gasteiger partial charge in [-0.15, -0.1) is 5.10 Å². The van der Waals surface area contributed by atoms with Gasteiger partial charge in [-0.05, 0) is 25.7 Å². The van der Waals surface area contributed by atoms with Crippen molar-refractivity contribution < 1.29 is 17.9 Å². The molecule has 4 aromatic heterocycles. The second kappa shape index (κ2) is 8.95. The first-order valence-corrected chi connectivity index (χ1v) is 11.5. The number of halogens is 3. The molecule has 36 heavy (non-hydrogen) atoms. The predicted molar refractivity (Wildman–Crippen MR) is 126 cm³/mol.